The van der Waals surface area contributed by atoms with Gasteiger partial charge in [0.15, 0.2) is 0 Å². The monoisotopic (exact) mass is 614 g/mol. The molecule has 5 nitrogen and oxygen atoms in total. The van der Waals surface area contributed by atoms with Crippen molar-refractivity contribution in [3.8, 4) is 0 Å². The molecular formula is C39H71N3O2. The summed E-state index contributed by atoms with van der Waals surface area (Å²) in [4.78, 5) is 15.4. The Kier molecular flexibility index (Phi) is 11.4. The Balaban J connectivity index is 1.38. The molecule has 0 spiro atoms. The minimum Gasteiger partial charge on any atom is -0.446 e. The predicted octanol–water partition coefficient (Wildman–Crippen LogP) is 9.48. The van der Waals surface area contributed by atoms with Crippen LogP contribution >= 0.6 is 0 Å². The number of fused-ring (bicyclic) bond motifs is 5. The first kappa shape index (κ1) is 35.8. The van der Waals surface area contributed by atoms with E-state index in [9.17, 15) is 4.79 Å². The smallest absolute Gasteiger partial charge is 0.410 e. The Morgan fingerprint density at radius 1 is 0.932 bits per heavy atom. The lowest BCUT2D eigenvalue weighted by Gasteiger charge is -2.58. The van der Waals surface area contributed by atoms with Gasteiger partial charge in [-0.3, -0.25) is 0 Å². The van der Waals surface area contributed by atoms with E-state index in [0.717, 1.165) is 74.0 Å². The molecule has 0 saturated heterocycles. The van der Waals surface area contributed by atoms with E-state index < -0.39 is 0 Å². The highest BCUT2D eigenvalue weighted by atomic mass is 16.6. The number of amides is 1. The molecule has 0 bridgehead atoms. The first-order chi connectivity index (χ1) is 20.4. The molecule has 4 rings (SSSR count). The highest BCUT2D eigenvalue weighted by molar-refractivity contribution is 5.68. The van der Waals surface area contributed by atoms with E-state index in [1.165, 1.54) is 51.4 Å². The van der Waals surface area contributed by atoms with Crippen LogP contribution in [-0.4, -0.2) is 41.3 Å². The quantitative estimate of drug-likeness (QED) is 0.203. The first-order valence-electron chi connectivity index (χ1n) is 18.7. The molecule has 254 valence electrons. The van der Waals surface area contributed by atoms with Gasteiger partial charge in [0.2, 0.25) is 0 Å². The number of carbonyl (C=O) groups is 1. The third kappa shape index (κ3) is 8.44. The van der Waals surface area contributed by atoms with Gasteiger partial charge in [0.05, 0.1) is 0 Å². The molecule has 4 N–H and O–H groups in total. The summed E-state index contributed by atoms with van der Waals surface area (Å²) in [5, 5.41) is 0. The van der Waals surface area contributed by atoms with Crippen LogP contribution in [0.5, 0.6) is 0 Å². The molecule has 5 heteroatoms. The number of ether oxygens (including phenoxy) is 1. The summed E-state index contributed by atoms with van der Waals surface area (Å²) in [5.41, 5.74) is 14.4. The second kappa shape index (κ2) is 14.0. The minimum absolute atomic E-state index is 0.0193. The first-order valence-corrected chi connectivity index (χ1v) is 18.7. The zero-order valence-electron chi connectivity index (χ0n) is 30.4. The van der Waals surface area contributed by atoms with E-state index in [-0.39, 0.29) is 28.7 Å². The Hall–Kier alpha value is -1.07. The van der Waals surface area contributed by atoms with Crippen LogP contribution in [-0.2, 0) is 4.74 Å². The fourth-order valence-corrected chi connectivity index (χ4v) is 10.4. The van der Waals surface area contributed by atoms with Crippen molar-refractivity contribution in [3.63, 3.8) is 0 Å². The van der Waals surface area contributed by atoms with E-state index >= 15 is 0 Å². The number of nitrogens with zero attached hydrogens (tertiary/aromatic N) is 1. The molecule has 0 aromatic rings. The lowest BCUT2D eigenvalue weighted by atomic mass is 9.47. The molecule has 0 aromatic heterocycles. The average molecular weight is 614 g/mol. The number of allylic oxidation sites excluding steroid dienone is 1. The highest BCUT2D eigenvalue weighted by Gasteiger charge is 2.59. The summed E-state index contributed by atoms with van der Waals surface area (Å²) in [6, 6.07) is 0. The van der Waals surface area contributed by atoms with Gasteiger partial charge in [-0.25, -0.2) is 4.79 Å². The third-order valence-corrected chi connectivity index (χ3v) is 13.1. The van der Waals surface area contributed by atoms with Crippen LogP contribution in [0, 0.1) is 46.3 Å². The maximum atomic E-state index is 13.5. The molecule has 44 heavy (non-hydrogen) atoms. The molecule has 3 fully saturated rings. The molecule has 0 aliphatic heterocycles. The topological polar surface area (TPSA) is 81.6 Å². The maximum Gasteiger partial charge on any atom is 0.410 e. The van der Waals surface area contributed by atoms with Crippen molar-refractivity contribution in [2.45, 2.75) is 169 Å². The zero-order chi connectivity index (χ0) is 32.5. The highest BCUT2D eigenvalue weighted by Crippen LogP contribution is 2.67. The van der Waals surface area contributed by atoms with Crippen LogP contribution in [0.25, 0.3) is 0 Å². The van der Waals surface area contributed by atoms with Crippen LogP contribution in [0.15, 0.2) is 11.6 Å². The largest absolute Gasteiger partial charge is 0.446 e. The van der Waals surface area contributed by atoms with E-state index in [2.05, 4.69) is 40.7 Å². The average Bonchev–Trinajstić information content (AvgIpc) is 3.26. The molecule has 3 saturated carbocycles. The molecule has 8 atom stereocenters. The maximum absolute atomic E-state index is 13.5. The van der Waals surface area contributed by atoms with Gasteiger partial charge in [0, 0.05) is 30.6 Å². The van der Waals surface area contributed by atoms with Crippen LogP contribution in [0.4, 0.5) is 4.79 Å². The van der Waals surface area contributed by atoms with Crippen molar-refractivity contribution >= 4 is 6.09 Å². The summed E-state index contributed by atoms with van der Waals surface area (Å²) in [7, 11) is 0. The lowest BCUT2D eigenvalue weighted by Crippen LogP contribution is -2.51. The Morgan fingerprint density at radius 2 is 1.64 bits per heavy atom. The van der Waals surface area contributed by atoms with Gasteiger partial charge in [-0.2, -0.15) is 0 Å². The fourth-order valence-electron chi connectivity index (χ4n) is 10.4. The van der Waals surface area contributed by atoms with Crippen molar-refractivity contribution in [3.05, 3.63) is 11.6 Å². The van der Waals surface area contributed by atoms with Gasteiger partial charge in [-0.15, -0.1) is 0 Å². The van der Waals surface area contributed by atoms with Gasteiger partial charge >= 0.3 is 6.09 Å². The van der Waals surface area contributed by atoms with Gasteiger partial charge in [-0.1, -0.05) is 65.5 Å². The van der Waals surface area contributed by atoms with Gasteiger partial charge in [-0.05, 0) is 138 Å². The van der Waals surface area contributed by atoms with E-state index in [1.807, 2.05) is 32.6 Å². The molecule has 1 amide bonds. The van der Waals surface area contributed by atoms with Crippen LogP contribution in [0.3, 0.4) is 0 Å². The summed E-state index contributed by atoms with van der Waals surface area (Å²) in [5.74, 6) is 5.07. The van der Waals surface area contributed by atoms with E-state index in [1.54, 1.807) is 5.57 Å². The fraction of sp³-hybridized carbons (Fsp3) is 0.923. The second-order valence-corrected chi connectivity index (χ2v) is 18.4. The Labute approximate surface area is 272 Å². The Morgan fingerprint density at radius 3 is 2.30 bits per heavy atom. The molecule has 0 unspecified atom stereocenters. The SMILES string of the molecule is CC(C)CCC[C@@H](C)[C@H]1CC[C@H]2[C@@H]3CC=C4C[C@@H](OC(=O)N(CCCC(C)(C)N)CCC(C)(C)N)CC[C@]4(C)[C@H]3CC[C@]12C. The summed E-state index contributed by atoms with van der Waals surface area (Å²) >= 11 is 0. The number of hydrogen-bond acceptors (Lipinski definition) is 4. The zero-order valence-corrected chi connectivity index (χ0v) is 30.4. The van der Waals surface area contributed by atoms with Crippen LogP contribution < -0.4 is 11.5 Å². The molecule has 0 heterocycles. The summed E-state index contributed by atoms with van der Waals surface area (Å²) in [6.07, 6.45) is 19.0. The third-order valence-electron chi connectivity index (χ3n) is 13.1. The molecule has 4 aliphatic carbocycles. The predicted molar refractivity (Wildman–Crippen MR) is 185 cm³/mol. The molecule has 4 aliphatic rings. The Bertz CT molecular complexity index is 992. The van der Waals surface area contributed by atoms with Crippen LogP contribution in [0.2, 0.25) is 0 Å². The number of hydrogen-bond donors (Lipinski definition) is 2. The molecule has 0 aromatic carbocycles. The summed E-state index contributed by atoms with van der Waals surface area (Å²) < 4.78 is 6.28. The van der Waals surface area contributed by atoms with Crippen LogP contribution in [0.1, 0.15) is 152 Å². The number of nitrogens with two attached hydrogens (primary N) is 2. The van der Waals surface area contributed by atoms with Crippen molar-refractivity contribution in [2.75, 3.05) is 13.1 Å². The summed E-state index contributed by atoms with van der Waals surface area (Å²) in [6.45, 7) is 22.0. The van der Waals surface area contributed by atoms with Gasteiger partial charge < -0.3 is 21.1 Å². The normalized spacial score (nSPS) is 34.5. The van der Waals surface area contributed by atoms with E-state index in [4.69, 9.17) is 16.2 Å². The van der Waals surface area contributed by atoms with Gasteiger partial charge in [0.25, 0.3) is 0 Å². The standard InChI is InChI=1S/C39H71N3O2/c1-27(2)12-10-13-28(3)32-16-17-33-31-15-14-29-26-30(18-21-38(29,8)34(31)19-22-39(32,33)9)44-35(43)42(25-23-37(6,7)41)24-11-20-36(4,5)40/h14,27-28,30-34H,10-13,15-26,40-41H2,1-9H3/t28-,30+,31+,32-,33+,34+,38+,39-/m1/s1. The van der Waals surface area contributed by atoms with Crippen molar-refractivity contribution in [2.24, 2.45) is 57.8 Å². The number of carbonyl (C=O) groups excluding carboxylic acids is 1. The second-order valence-electron chi connectivity index (χ2n) is 18.4. The molecular weight excluding hydrogens is 542 g/mol. The van der Waals surface area contributed by atoms with Crippen molar-refractivity contribution in [1.29, 1.82) is 0 Å². The number of rotatable bonds is 13. The van der Waals surface area contributed by atoms with Crippen molar-refractivity contribution < 1.29 is 9.53 Å². The molecule has 0 radical (unpaired) electrons. The lowest BCUT2D eigenvalue weighted by molar-refractivity contribution is -0.0594. The van der Waals surface area contributed by atoms with Crippen molar-refractivity contribution in [1.82, 2.24) is 4.90 Å². The van der Waals surface area contributed by atoms with E-state index in [0.29, 0.717) is 18.5 Å². The van der Waals surface area contributed by atoms with Gasteiger partial charge in [0.1, 0.15) is 6.10 Å². The minimum atomic E-state index is -0.316.